The van der Waals surface area contributed by atoms with Gasteiger partial charge in [-0.1, -0.05) is 12.1 Å². The predicted octanol–water partition coefficient (Wildman–Crippen LogP) is 2.02. The molecule has 6 nitrogen and oxygen atoms in total. The standard InChI is InChI=1S/C15H16N6/c1-2-6-15(21-17-7-8-18-21)14(5-1)16-11-12-10-13-4-3-9-20(13)19-12/h1-2,5-8,10,16H,3-4,9,11H2. The van der Waals surface area contributed by atoms with Crippen LogP contribution in [0.5, 0.6) is 0 Å². The number of nitrogens with one attached hydrogen (secondary N) is 1. The summed E-state index contributed by atoms with van der Waals surface area (Å²) in [5, 5.41) is 16.4. The minimum absolute atomic E-state index is 0.707. The van der Waals surface area contributed by atoms with Gasteiger partial charge in [-0.05, 0) is 31.0 Å². The molecule has 0 saturated heterocycles. The first-order valence-corrected chi connectivity index (χ1v) is 7.15. The van der Waals surface area contributed by atoms with Crippen LogP contribution >= 0.6 is 0 Å². The predicted molar refractivity (Wildman–Crippen MR) is 79.2 cm³/mol. The van der Waals surface area contributed by atoms with Gasteiger partial charge in [0, 0.05) is 12.2 Å². The molecular weight excluding hydrogens is 264 g/mol. The quantitative estimate of drug-likeness (QED) is 0.794. The normalized spacial score (nSPS) is 13.3. The molecule has 1 aliphatic heterocycles. The van der Waals surface area contributed by atoms with Crippen LogP contribution in [0.25, 0.3) is 5.69 Å². The Kier molecular flexibility index (Phi) is 2.92. The van der Waals surface area contributed by atoms with E-state index >= 15 is 0 Å². The number of hydrogen-bond donors (Lipinski definition) is 1. The molecule has 1 aromatic carbocycles. The molecule has 21 heavy (non-hydrogen) atoms. The van der Waals surface area contributed by atoms with Gasteiger partial charge in [-0.25, -0.2) is 0 Å². The van der Waals surface area contributed by atoms with E-state index in [9.17, 15) is 0 Å². The average Bonchev–Trinajstić information content (AvgIpc) is 3.22. The Morgan fingerprint density at radius 2 is 2.00 bits per heavy atom. The van der Waals surface area contributed by atoms with Gasteiger partial charge in [0.15, 0.2) is 0 Å². The van der Waals surface area contributed by atoms with Gasteiger partial charge in [0.1, 0.15) is 5.69 Å². The third-order valence-corrected chi connectivity index (χ3v) is 3.71. The molecule has 0 unspecified atom stereocenters. The zero-order valence-electron chi connectivity index (χ0n) is 11.6. The molecule has 2 aromatic heterocycles. The van der Waals surface area contributed by atoms with Gasteiger partial charge in [0.2, 0.25) is 0 Å². The van der Waals surface area contributed by atoms with Crippen LogP contribution in [0.3, 0.4) is 0 Å². The maximum Gasteiger partial charge on any atom is 0.109 e. The highest BCUT2D eigenvalue weighted by atomic mass is 15.5. The minimum atomic E-state index is 0.707. The molecule has 0 aliphatic carbocycles. The third kappa shape index (κ3) is 2.29. The number of benzene rings is 1. The van der Waals surface area contributed by atoms with Gasteiger partial charge in [0.05, 0.1) is 30.3 Å². The fraction of sp³-hybridized carbons (Fsp3) is 0.267. The van der Waals surface area contributed by atoms with E-state index in [-0.39, 0.29) is 0 Å². The molecule has 0 saturated carbocycles. The van der Waals surface area contributed by atoms with E-state index in [0.717, 1.165) is 30.0 Å². The fourth-order valence-electron chi connectivity index (χ4n) is 2.73. The smallest absolute Gasteiger partial charge is 0.109 e. The van der Waals surface area contributed by atoms with Crippen molar-refractivity contribution in [3.05, 3.63) is 54.1 Å². The molecule has 0 radical (unpaired) electrons. The van der Waals surface area contributed by atoms with Gasteiger partial charge >= 0.3 is 0 Å². The summed E-state index contributed by atoms with van der Waals surface area (Å²) in [6.45, 7) is 1.75. The summed E-state index contributed by atoms with van der Waals surface area (Å²) in [6.07, 6.45) is 5.71. The summed E-state index contributed by atoms with van der Waals surface area (Å²) in [5.74, 6) is 0. The van der Waals surface area contributed by atoms with E-state index < -0.39 is 0 Å². The van der Waals surface area contributed by atoms with E-state index in [1.54, 1.807) is 17.2 Å². The molecule has 0 fully saturated rings. The van der Waals surface area contributed by atoms with Gasteiger partial charge in [-0.3, -0.25) is 4.68 Å². The van der Waals surface area contributed by atoms with E-state index in [1.807, 2.05) is 24.3 Å². The second-order valence-electron chi connectivity index (χ2n) is 5.14. The van der Waals surface area contributed by atoms with E-state index in [2.05, 4.69) is 31.4 Å². The number of para-hydroxylation sites is 2. The van der Waals surface area contributed by atoms with Gasteiger partial charge in [-0.2, -0.15) is 15.3 Å². The molecule has 0 amide bonds. The SMILES string of the molecule is c1ccc(-n2nccn2)c(NCc2cc3n(n2)CCC3)c1. The number of rotatable bonds is 4. The Morgan fingerprint density at radius 1 is 1.14 bits per heavy atom. The van der Waals surface area contributed by atoms with E-state index in [4.69, 9.17) is 0 Å². The monoisotopic (exact) mass is 280 g/mol. The Hall–Kier alpha value is -2.63. The molecule has 106 valence electrons. The third-order valence-electron chi connectivity index (χ3n) is 3.71. The molecule has 1 N–H and O–H groups in total. The molecule has 0 spiro atoms. The minimum Gasteiger partial charge on any atom is -0.378 e. The highest BCUT2D eigenvalue weighted by molar-refractivity contribution is 5.60. The molecule has 3 aromatic rings. The maximum atomic E-state index is 4.61. The summed E-state index contributed by atoms with van der Waals surface area (Å²) in [4.78, 5) is 1.62. The largest absolute Gasteiger partial charge is 0.378 e. The zero-order valence-corrected chi connectivity index (χ0v) is 11.6. The van der Waals surface area contributed by atoms with Crippen molar-refractivity contribution in [1.29, 1.82) is 0 Å². The van der Waals surface area contributed by atoms with Crippen LogP contribution in [-0.2, 0) is 19.5 Å². The lowest BCUT2D eigenvalue weighted by Crippen LogP contribution is -2.07. The molecule has 0 atom stereocenters. The number of hydrogen-bond acceptors (Lipinski definition) is 4. The summed E-state index contributed by atoms with van der Waals surface area (Å²) in [5.41, 5.74) is 4.36. The van der Waals surface area contributed by atoms with Crippen molar-refractivity contribution >= 4 is 5.69 Å². The molecule has 4 rings (SSSR count). The molecular formula is C15H16N6. The average molecular weight is 280 g/mol. The van der Waals surface area contributed by atoms with Gasteiger partial charge < -0.3 is 5.32 Å². The Labute approximate surface area is 122 Å². The van der Waals surface area contributed by atoms with Crippen molar-refractivity contribution in [2.24, 2.45) is 0 Å². The maximum absolute atomic E-state index is 4.61. The van der Waals surface area contributed by atoms with Crippen molar-refractivity contribution in [2.75, 3.05) is 5.32 Å². The Morgan fingerprint density at radius 3 is 2.86 bits per heavy atom. The summed E-state index contributed by atoms with van der Waals surface area (Å²) >= 11 is 0. The van der Waals surface area contributed by atoms with Crippen molar-refractivity contribution in [3.8, 4) is 5.69 Å². The number of nitrogens with zero attached hydrogens (tertiary/aromatic N) is 5. The summed E-state index contributed by atoms with van der Waals surface area (Å²) in [7, 11) is 0. The van der Waals surface area contributed by atoms with Crippen LogP contribution in [0.4, 0.5) is 5.69 Å². The van der Waals surface area contributed by atoms with Crippen molar-refractivity contribution in [3.63, 3.8) is 0 Å². The molecule has 6 heteroatoms. The van der Waals surface area contributed by atoms with Gasteiger partial charge in [0.25, 0.3) is 0 Å². The second kappa shape index (κ2) is 5.05. The van der Waals surface area contributed by atoms with Crippen LogP contribution < -0.4 is 5.32 Å². The summed E-state index contributed by atoms with van der Waals surface area (Å²) < 4.78 is 2.11. The highest BCUT2D eigenvalue weighted by Crippen LogP contribution is 2.20. The lowest BCUT2D eigenvalue weighted by atomic mass is 10.2. The number of aryl methyl sites for hydroxylation is 2. The summed E-state index contributed by atoms with van der Waals surface area (Å²) in [6, 6.07) is 10.2. The number of anilines is 1. The number of aromatic nitrogens is 5. The first-order valence-electron chi connectivity index (χ1n) is 7.15. The van der Waals surface area contributed by atoms with E-state index in [1.165, 1.54) is 12.1 Å². The highest BCUT2D eigenvalue weighted by Gasteiger charge is 2.13. The zero-order chi connectivity index (χ0) is 14.1. The van der Waals surface area contributed by atoms with Gasteiger partial charge in [-0.15, -0.1) is 4.80 Å². The second-order valence-corrected chi connectivity index (χ2v) is 5.14. The molecule has 3 heterocycles. The Bertz CT molecular complexity index is 722. The Balaban J connectivity index is 1.54. The van der Waals surface area contributed by atoms with Crippen molar-refractivity contribution < 1.29 is 0 Å². The van der Waals surface area contributed by atoms with Crippen LogP contribution in [-0.4, -0.2) is 24.8 Å². The first-order chi connectivity index (χ1) is 10.4. The van der Waals surface area contributed by atoms with Crippen LogP contribution in [0.15, 0.2) is 42.7 Å². The molecule has 1 aliphatic rings. The molecule has 0 bridgehead atoms. The fourth-order valence-corrected chi connectivity index (χ4v) is 2.73. The van der Waals surface area contributed by atoms with Crippen molar-refractivity contribution in [1.82, 2.24) is 24.8 Å². The topological polar surface area (TPSA) is 60.6 Å². The number of fused-ring (bicyclic) bond motifs is 1. The van der Waals surface area contributed by atoms with Crippen LogP contribution in [0.2, 0.25) is 0 Å². The van der Waals surface area contributed by atoms with Crippen LogP contribution in [0, 0.1) is 0 Å². The lowest BCUT2D eigenvalue weighted by Gasteiger charge is -2.09. The van der Waals surface area contributed by atoms with Crippen LogP contribution in [0.1, 0.15) is 17.8 Å². The lowest BCUT2D eigenvalue weighted by molar-refractivity contribution is 0.645. The van der Waals surface area contributed by atoms with E-state index in [0.29, 0.717) is 6.54 Å². The first kappa shape index (κ1) is 12.1. The van der Waals surface area contributed by atoms with Crippen molar-refractivity contribution in [2.45, 2.75) is 25.9 Å².